The fourth-order valence-corrected chi connectivity index (χ4v) is 7.39. The Bertz CT molecular complexity index is 1720. The summed E-state index contributed by atoms with van der Waals surface area (Å²) in [5, 5.41) is 22.1. The van der Waals surface area contributed by atoms with Crippen molar-refractivity contribution in [1.82, 2.24) is 40.8 Å². The van der Waals surface area contributed by atoms with Crippen molar-refractivity contribution < 1.29 is 29.0 Å². The molecule has 0 radical (unpaired) electrons. The summed E-state index contributed by atoms with van der Waals surface area (Å²) in [6.07, 6.45) is 3.29. The summed E-state index contributed by atoms with van der Waals surface area (Å²) in [7, 11) is 1.24. The molecule has 0 aliphatic carbocycles. The fraction of sp³-hybridized carbons (Fsp3) is 0.561. The number of ether oxygens (including phenoxy) is 1. The quantitative estimate of drug-likeness (QED) is 0.121. The summed E-state index contributed by atoms with van der Waals surface area (Å²) in [6, 6.07) is 10.7. The van der Waals surface area contributed by atoms with Crippen molar-refractivity contribution in [2.75, 3.05) is 33.3 Å². The molecule has 1 saturated heterocycles. The molecule has 5 amide bonds. The molecule has 4 N–H and O–H groups in total. The second-order valence-electron chi connectivity index (χ2n) is 16.0. The van der Waals surface area contributed by atoms with Crippen LogP contribution in [0.5, 0.6) is 0 Å². The molecule has 0 saturated carbocycles. The van der Waals surface area contributed by atoms with Crippen molar-refractivity contribution in [3.05, 3.63) is 71.5 Å². The Hall–Kier alpha value is -4.60. The van der Waals surface area contributed by atoms with Gasteiger partial charge in [0, 0.05) is 49.5 Å². The number of amides is 5. The largest absolute Gasteiger partial charge is 0.453 e. The van der Waals surface area contributed by atoms with Crippen LogP contribution in [0.25, 0.3) is 10.6 Å². The molecule has 1 aliphatic rings. The van der Waals surface area contributed by atoms with Gasteiger partial charge in [-0.25, -0.2) is 19.6 Å². The normalized spacial score (nSPS) is 16.0. The minimum Gasteiger partial charge on any atom is -0.453 e. The van der Waals surface area contributed by atoms with E-state index in [1.807, 2.05) is 82.5 Å². The SMILES string of the molecule is CCC(C)C(C(=O)NC(Cc1ccccc1)C(O)CN(CCC(C)C)NC(=O)C(NC(=O)OC)C(C)(C)C)N1CCN(Cc2csc(-c3cccnc3)n2)C1=O. The number of methoxy groups -OCH3 is 1. The third kappa shape index (κ3) is 12.5. The van der Waals surface area contributed by atoms with Crippen molar-refractivity contribution in [2.45, 2.75) is 98.5 Å². The van der Waals surface area contributed by atoms with Crippen molar-refractivity contribution in [3.8, 4) is 10.6 Å². The molecule has 2 aromatic heterocycles. The number of nitrogens with zero attached hydrogens (tertiary/aromatic N) is 5. The number of hydrazine groups is 1. The van der Waals surface area contributed by atoms with E-state index in [2.05, 4.69) is 34.9 Å². The van der Waals surface area contributed by atoms with Crippen LogP contribution < -0.4 is 16.1 Å². The molecule has 1 fully saturated rings. The van der Waals surface area contributed by atoms with Crippen LogP contribution in [0.3, 0.4) is 0 Å². The van der Waals surface area contributed by atoms with Gasteiger partial charge < -0.3 is 30.3 Å². The molecule has 3 aromatic rings. The van der Waals surface area contributed by atoms with Crippen LogP contribution in [0.2, 0.25) is 0 Å². The molecule has 15 heteroatoms. The number of hydrogen-bond acceptors (Lipinski definition) is 10. The average Bonchev–Trinajstić information content (AvgIpc) is 3.78. The predicted molar refractivity (Wildman–Crippen MR) is 217 cm³/mol. The highest BCUT2D eigenvalue weighted by Gasteiger charge is 2.41. The molecule has 3 heterocycles. The molecular formula is C41H60N8O6S. The smallest absolute Gasteiger partial charge is 0.407 e. The Balaban J connectivity index is 1.53. The van der Waals surface area contributed by atoms with Crippen LogP contribution in [0, 0.1) is 17.3 Å². The second-order valence-corrected chi connectivity index (χ2v) is 16.9. The topological polar surface area (TPSA) is 169 Å². The highest BCUT2D eigenvalue weighted by molar-refractivity contribution is 7.13. The molecule has 1 aromatic carbocycles. The summed E-state index contributed by atoms with van der Waals surface area (Å²) in [5.41, 5.74) is 4.86. The van der Waals surface area contributed by atoms with Gasteiger partial charge in [0.05, 0.1) is 31.5 Å². The number of benzene rings is 1. The highest BCUT2D eigenvalue weighted by Crippen LogP contribution is 2.26. The standard InChI is InChI=1S/C41H60N8O6S/c1-9-28(4)34(49-21-20-47(40(49)54)24-31-26-56-38(43-31)30-16-13-18-42-23-30)36(51)44-32(22-29-14-11-10-12-15-29)33(50)25-48(19-17-27(2)3)46-37(52)35(41(5,6)7)45-39(53)55-8/h10-16,18,23,26-28,32-35,50H,9,17,19-22,24-25H2,1-8H3,(H,44,51)(H,45,53)(H,46,52). The Morgan fingerprint density at radius 3 is 2.39 bits per heavy atom. The lowest BCUT2D eigenvalue weighted by Gasteiger charge is -2.36. The summed E-state index contributed by atoms with van der Waals surface area (Å²) in [4.78, 5) is 66.5. The number of carbonyl (C=O) groups excluding carboxylic acids is 4. The van der Waals surface area contributed by atoms with Crippen LogP contribution in [-0.4, -0.2) is 111 Å². The highest BCUT2D eigenvalue weighted by atomic mass is 32.1. The number of rotatable bonds is 19. The van der Waals surface area contributed by atoms with Gasteiger partial charge in [0.2, 0.25) is 5.91 Å². The Morgan fingerprint density at radius 1 is 1.04 bits per heavy atom. The second kappa shape index (κ2) is 20.5. The van der Waals surface area contributed by atoms with E-state index in [-0.39, 0.29) is 24.4 Å². The van der Waals surface area contributed by atoms with Gasteiger partial charge in [0.15, 0.2) is 0 Å². The zero-order valence-electron chi connectivity index (χ0n) is 34.0. The number of urea groups is 1. The molecule has 306 valence electrons. The first kappa shape index (κ1) is 44.1. The molecule has 4 rings (SSSR count). The number of aliphatic hydroxyl groups excluding tert-OH is 1. The van der Waals surface area contributed by atoms with E-state index >= 15 is 0 Å². The predicted octanol–water partition coefficient (Wildman–Crippen LogP) is 5.10. The van der Waals surface area contributed by atoms with Crippen molar-refractivity contribution >= 4 is 35.3 Å². The molecule has 0 spiro atoms. The van der Waals surface area contributed by atoms with E-state index < -0.39 is 41.6 Å². The van der Waals surface area contributed by atoms with Gasteiger partial charge in [-0.05, 0) is 47.8 Å². The molecular weight excluding hydrogens is 733 g/mol. The molecule has 5 unspecified atom stereocenters. The monoisotopic (exact) mass is 792 g/mol. The van der Waals surface area contributed by atoms with Gasteiger partial charge in [0.1, 0.15) is 17.1 Å². The number of carbonyl (C=O) groups is 4. The van der Waals surface area contributed by atoms with Crippen molar-refractivity contribution in [1.29, 1.82) is 0 Å². The van der Waals surface area contributed by atoms with Gasteiger partial charge in [-0.15, -0.1) is 11.3 Å². The Morgan fingerprint density at radius 2 is 1.77 bits per heavy atom. The molecule has 1 aliphatic heterocycles. The van der Waals surface area contributed by atoms with Crippen LogP contribution in [-0.2, 0) is 27.3 Å². The maximum atomic E-state index is 14.4. The third-order valence-electron chi connectivity index (χ3n) is 10.0. The summed E-state index contributed by atoms with van der Waals surface area (Å²) >= 11 is 1.50. The molecule has 5 atom stereocenters. The Kier molecular flexibility index (Phi) is 16.2. The minimum atomic E-state index is -1.13. The minimum absolute atomic E-state index is 0.00950. The van der Waals surface area contributed by atoms with Gasteiger partial charge >= 0.3 is 12.1 Å². The van der Waals surface area contributed by atoms with Crippen LogP contribution in [0.1, 0.15) is 72.6 Å². The van der Waals surface area contributed by atoms with Crippen molar-refractivity contribution in [2.24, 2.45) is 17.3 Å². The van der Waals surface area contributed by atoms with Crippen LogP contribution in [0.4, 0.5) is 9.59 Å². The molecule has 56 heavy (non-hydrogen) atoms. The number of aliphatic hydroxyl groups is 1. The number of nitrogens with one attached hydrogen (secondary N) is 3. The maximum Gasteiger partial charge on any atom is 0.407 e. The first-order valence-corrected chi connectivity index (χ1v) is 20.3. The number of pyridine rings is 1. The van der Waals surface area contributed by atoms with Crippen LogP contribution >= 0.6 is 11.3 Å². The summed E-state index contributed by atoms with van der Waals surface area (Å²) in [6.45, 7) is 15.1. The number of aromatic nitrogens is 2. The molecule has 0 bridgehead atoms. The van der Waals surface area contributed by atoms with E-state index in [0.29, 0.717) is 51.4 Å². The van der Waals surface area contributed by atoms with E-state index in [0.717, 1.165) is 21.8 Å². The first-order valence-electron chi connectivity index (χ1n) is 19.4. The van der Waals surface area contributed by atoms with Crippen molar-refractivity contribution in [3.63, 3.8) is 0 Å². The van der Waals surface area contributed by atoms with E-state index in [4.69, 9.17) is 9.72 Å². The average molecular weight is 793 g/mol. The van der Waals surface area contributed by atoms with E-state index in [9.17, 15) is 24.3 Å². The summed E-state index contributed by atoms with van der Waals surface area (Å²) in [5.74, 6) is -0.689. The lowest BCUT2D eigenvalue weighted by molar-refractivity contribution is -0.132. The Labute approximate surface area is 335 Å². The number of hydrogen-bond donors (Lipinski definition) is 4. The zero-order valence-corrected chi connectivity index (χ0v) is 34.8. The number of thiazole rings is 1. The lowest BCUT2D eigenvalue weighted by atomic mass is 9.86. The number of alkyl carbamates (subject to hydrolysis) is 1. The van der Waals surface area contributed by atoms with E-state index in [1.165, 1.54) is 18.4 Å². The third-order valence-corrected chi connectivity index (χ3v) is 11.0. The fourth-order valence-electron chi connectivity index (χ4n) is 6.59. The first-order chi connectivity index (χ1) is 26.6. The zero-order chi connectivity index (χ0) is 41.0. The lowest BCUT2D eigenvalue weighted by Crippen LogP contribution is -2.60. The van der Waals surface area contributed by atoms with Gasteiger partial charge in [0.25, 0.3) is 5.91 Å². The van der Waals surface area contributed by atoms with Crippen LogP contribution in [0.15, 0.2) is 60.2 Å². The van der Waals surface area contributed by atoms with Gasteiger partial charge in [-0.2, -0.15) is 0 Å². The van der Waals surface area contributed by atoms with E-state index in [1.54, 1.807) is 27.2 Å². The maximum absolute atomic E-state index is 14.4. The van der Waals surface area contributed by atoms with Gasteiger partial charge in [-0.1, -0.05) is 85.2 Å². The molecule has 14 nitrogen and oxygen atoms in total. The van der Waals surface area contributed by atoms with Gasteiger partial charge in [-0.3, -0.25) is 20.0 Å². The summed E-state index contributed by atoms with van der Waals surface area (Å²) < 4.78 is 4.78.